The maximum Gasteiger partial charge on any atom is 0.240 e. The van der Waals surface area contributed by atoms with Gasteiger partial charge in [0.25, 0.3) is 0 Å². The van der Waals surface area contributed by atoms with Crippen molar-refractivity contribution in [3.8, 4) is 0 Å². The fourth-order valence-corrected chi connectivity index (χ4v) is 2.83. The molecular weight excluding hydrogens is 272 g/mol. The average molecular weight is 293 g/mol. The predicted octanol–water partition coefficient (Wildman–Crippen LogP) is 1.57. The normalized spacial score (nSPS) is 11.4. The summed E-state index contributed by atoms with van der Waals surface area (Å²) >= 11 is 0. The molecule has 0 spiro atoms. The first kappa shape index (κ1) is 17.4. The molecule has 1 aromatic rings. The van der Waals surface area contributed by atoms with Crippen molar-refractivity contribution in [1.82, 2.24) is 9.62 Å². The molecule has 0 unspecified atom stereocenters. The predicted molar refractivity (Wildman–Crippen MR) is 76.9 cm³/mol. The van der Waals surface area contributed by atoms with Crippen LogP contribution in [0.15, 0.2) is 23.1 Å². The van der Waals surface area contributed by atoms with Gasteiger partial charge in [0.15, 0.2) is 0 Å². The van der Waals surface area contributed by atoms with Gasteiger partial charge >= 0.3 is 0 Å². The number of halogens is 1. The lowest BCUT2D eigenvalue weighted by molar-refractivity contribution is 0.412. The highest BCUT2D eigenvalue weighted by atomic mass is 35.5. The second-order valence-corrected chi connectivity index (χ2v) is 6.21. The van der Waals surface area contributed by atoms with Crippen LogP contribution in [-0.2, 0) is 10.0 Å². The number of benzene rings is 1. The van der Waals surface area contributed by atoms with Gasteiger partial charge in [-0.1, -0.05) is 17.7 Å². The van der Waals surface area contributed by atoms with Crippen molar-refractivity contribution < 1.29 is 8.42 Å². The van der Waals surface area contributed by atoms with Crippen molar-refractivity contribution in [2.24, 2.45) is 0 Å². The quantitative estimate of drug-likeness (QED) is 0.896. The number of aryl methyl sites for hydroxylation is 2. The van der Waals surface area contributed by atoms with E-state index in [1.165, 1.54) is 0 Å². The van der Waals surface area contributed by atoms with Gasteiger partial charge in [-0.15, -0.1) is 12.4 Å². The Bertz CT molecular complexity index is 487. The first-order valence-electron chi connectivity index (χ1n) is 5.54. The highest BCUT2D eigenvalue weighted by Crippen LogP contribution is 2.15. The van der Waals surface area contributed by atoms with Crippen molar-refractivity contribution >= 4 is 22.4 Å². The fourth-order valence-electron chi connectivity index (χ4n) is 1.58. The molecule has 104 valence electrons. The molecule has 0 aromatic heterocycles. The van der Waals surface area contributed by atoms with Crippen LogP contribution in [0.3, 0.4) is 0 Å². The number of nitrogens with zero attached hydrogens (tertiary/aromatic N) is 1. The van der Waals surface area contributed by atoms with Crippen molar-refractivity contribution in [3.05, 3.63) is 29.3 Å². The molecule has 0 radical (unpaired) electrons. The van der Waals surface area contributed by atoms with Gasteiger partial charge in [-0.05, 0) is 39.6 Å². The third-order valence-electron chi connectivity index (χ3n) is 2.47. The standard InChI is InChI=1S/C12H20N2O2S.ClH/c1-10-5-6-12(11(2)9-10)17(15,16)13-7-8-14(3)4;/h5-6,9,13H,7-8H2,1-4H3;1H. The van der Waals surface area contributed by atoms with Crippen LogP contribution in [0.25, 0.3) is 0 Å². The summed E-state index contributed by atoms with van der Waals surface area (Å²) in [6.07, 6.45) is 0. The molecule has 4 nitrogen and oxygen atoms in total. The van der Waals surface area contributed by atoms with E-state index in [1.54, 1.807) is 6.07 Å². The molecule has 6 heteroatoms. The maximum atomic E-state index is 12.0. The van der Waals surface area contributed by atoms with E-state index in [2.05, 4.69) is 4.72 Å². The van der Waals surface area contributed by atoms with Gasteiger partial charge in [0, 0.05) is 13.1 Å². The Morgan fingerprint density at radius 2 is 1.83 bits per heavy atom. The molecule has 0 fully saturated rings. The highest BCUT2D eigenvalue weighted by Gasteiger charge is 2.15. The van der Waals surface area contributed by atoms with E-state index in [1.807, 2.05) is 45.0 Å². The summed E-state index contributed by atoms with van der Waals surface area (Å²) in [6.45, 7) is 4.86. The monoisotopic (exact) mass is 292 g/mol. The van der Waals surface area contributed by atoms with Gasteiger partial charge in [0.2, 0.25) is 10.0 Å². The number of hydrogen-bond acceptors (Lipinski definition) is 3. The van der Waals surface area contributed by atoms with E-state index in [0.717, 1.165) is 11.1 Å². The average Bonchev–Trinajstić information content (AvgIpc) is 2.15. The minimum atomic E-state index is -3.38. The first-order valence-corrected chi connectivity index (χ1v) is 7.03. The Morgan fingerprint density at radius 1 is 1.22 bits per heavy atom. The van der Waals surface area contributed by atoms with Crippen molar-refractivity contribution in [2.75, 3.05) is 27.2 Å². The zero-order chi connectivity index (χ0) is 13.1. The third-order valence-corrected chi connectivity index (χ3v) is 4.09. The van der Waals surface area contributed by atoms with Crippen molar-refractivity contribution in [2.45, 2.75) is 18.7 Å². The maximum absolute atomic E-state index is 12.0. The summed E-state index contributed by atoms with van der Waals surface area (Å²) in [7, 11) is 0.436. The molecule has 1 rings (SSSR count). The van der Waals surface area contributed by atoms with Gasteiger partial charge in [0.1, 0.15) is 0 Å². The summed E-state index contributed by atoms with van der Waals surface area (Å²) in [5.41, 5.74) is 1.84. The fraction of sp³-hybridized carbons (Fsp3) is 0.500. The van der Waals surface area contributed by atoms with Crippen LogP contribution in [0.2, 0.25) is 0 Å². The topological polar surface area (TPSA) is 49.4 Å². The number of nitrogens with one attached hydrogen (secondary N) is 1. The summed E-state index contributed by atoms with van der Waals surface area (Å²) in [6, 6.07) is 5.34. The Kier molecular flexibility index (Phi) is 6.84. The zero-order valence-corrected chi connectivity index (χ0v) is 12.9. The minimum Gasteiger partial charge on any atom is -0.308 e. The van der Waals surface area contributed by atoms with Crippen LogP contribution in [0.5, 0.6) is 0 Å². The molecule has 0 saturated carbocycles. The Balaban J connectivity index is 0.00000289. The number of hydrogen-bond donors (Lipinski definition) is 1. The number of rotatable bonds is 5. The minimum absolute atomic E-state index is 0. The molecule has 0 amide bonds. The highest BCUT2D eigenvalue weighted by molar-refractivity contribution is 7.89. The SMILES string of the molecule is Cc1ccc(S(=O)(=O)NCCN(C)C)c(C)c1.Cl. The number of sulfonamides is 1. The summed E-state index contributed by atoms with van der Waals surface area (Å²) in [5, 5.41) is 0. The van der Waals surface area contributed by atoms with E-state index >= 15 is 0 Å². The first-order chi connectivity index (χ1) is 7.83. The molecular formula is C12H21ClN2O2S. The van der Waals surface area contributed by atoms with Gasteiger partial charge in [0.05, 0.1) is 4.90 Å². The van der Waals surface area contributed by atoms with Crippen LogP contribution < -0.4 is 4.72 Å². The van der Waals surface area contributed by atoms with Gasteiger partial charge in [-0.2, -0.15) is 0 Å². The Morgan fingerprint density at radius 3 is 2.33 bits per heavy atom. The molecule has 0 atom stereocenters. The van der Waals surface area contributed by atoms with Crippen LogP contribution in [0, 0.1) is 13.8 Å². The molecule has 1 aromatic carbocycles. The smallest absolute Gasteiger partial charge is 0.240 e. The lowest BCUT2D eigenvalue weighted by Crippen LogP contribution is -2.31. The van der Waals surface area contributed by atoms with Crippen LogP contribution >= 0.6 is 12.4 Å². The largest absolute Gasteiger partial charge is 0.308 e. The third kappa shape index (κ3) is 4.94. The van der Waals surface area contributed by atoms with Crippen LogP contribution in [-0.4, -0.2) is 40.5 Å². The Labute approximate surface area is 116 Å². The molecule has 1 N–H and O–H groups in total. The molecule has 0 bridgehead atoms. The Hall–Kier alpha value is -0.620. The lowest BCUT2D eigenvalue weighted by Gasteiger charge is -2.12. The zero-order valence-electron chi connectivity index (χ0n) is 11.2. The van der Waals surface area contributed by atoms with E-state index in [-0.39, 0.29) is 12.4 Å². The number of likely N-dealkylation sites (N-methyl/N-ethyl adjacent to an activating group) is 1. The van der Waals surface area contributed by atoms with E-state index in [9.17, 15) is 8.42 Å². The van der Waals surface area contributed by atoms with Gasteiger partial charge in [-0.3, -0.25) is 0 Å². The lowest BCUT2D eigenvalue weighted by atomic mass is 10.2. The van der Waals surface area contributed by atoms with Crippen molar-refractivity contribution in [3.63, 3.8) is 0 Å². The van der Waals surface area contributed by atoms with E-state index in [0.29, 0.717) is 18.0 Å². The summed E-state index contributed by atoms with van der Waals surface area (Å²) in [4.78, 5) is 2.30. The molecule has 0 aliphatic heterocycles. The van der Waals surface area contributed by atoms with E-state index < -0.39 is 10.0 Å². The second kappa shape index (κ2) is 7.09. The molecule has 0 heterocycles. The van der Waals surface area contributed by atoms with Gasteiger partial charge < -0.3 is 4.90 Å². The summed E-state index contributed by atoms with van der Waals surface area (Å²) in [5.74, 6) is 0. The molecule has 0 saturated heterocycles. The van der Waals surface area contributed by atoms with Gasteiger partial charge in [-0.25, -0.2) is 13.1 Å². The molecule has 18 heavy (non-hydrogen) atoms. The summed E-state index contributed by atoms with van der Waals surface area (Å²) < 4.78 is 26.6. The second-order valence-electron chi connectivity index (χ2n) is 4.47. The van der Waals surface area contributed by atoms with Crippen molar-refractivity contribution in [1.29, 1.82) is 0 Å². The molecule has 0 aliphatic rings. The van der Waals surface area contributed by atoms with Crippen LogP contribution in [0.4, 0.5) is 0 Å². The van der Waals surface area contributed by atoms with Crippen LogP contribution in [0.1, 0.15) is 11.1 Å². The van der Waals surface area contributed by atoms with E-state index in [4.69, 9.17) is 0 Å². The molecule has 0 aliphatic carbocycles.